The molecule has 0 saturated carbocycles. The maximum atomic E-state index is 4.51. The first-order chi connectivity index (χ1) is 8.25. The molecule has 0 radical (unpaired) electrons. The highest BCUT2D eigenvalue weighted by Crippen LogP contribution is 2.26. The molecule has 0 amide bonds. The smallest absolute Gasteiger partial charge is 0.150 e. The molecule has 17 heavy (non-hydrogen) atoms. The second-order valence-electron chi connectivity index (χ2n) is 4.32. The summed E-state index contributed by atoms with van der Waals surface area (Å²) < 4.78 is 1.79. The quantitative estimate of drug-likeness (QED) is 0.801. The van der Waals surface area contributed by atoms with E-state index in [-0.39, 0.29) is 0 Å². The SMILES string of the molecule is Cc1cn(S)c2ncc(N3CCSCC3)cc12. The Morgan fingerprint density at radius 3 is 2.88 bits per heavy atom. The van der Waals surface area contributed by atoms with Gasteiger partial charge < -0.3 is 4.90 Å². The van der Waals surface area contributed by atoms with E-state index in [0.717, 1.165) is 18.7 Å². The van der Waals surface area contributed by atoms with Gasteiger partial charge in [0, 0.05) is 36.2 Å². The van der Waals surface area contributed by atoms with E-state index >= 15 is 0 Å². The highest BCUT2D eigenvalue weighted by molar-refractivity contribution is 7.99. The predicted molar refractivity (Wildman–Crippen MR) is 78.4 cm³/mol. The molecule has 1 fully saturated rings. The van der Waals surface area contributed by atoms with E-state index in [1.54, 1.807) is 3.97 Å². The Morgan fingerprint density at radius 2 is 2.12 bits per heavy atom. The minimum Gasteiger partial charge on any atom is -0.369 e. The zero-order valence-electron chi connectivity index (χ0n) is 9.76. The van der Waals surface area contributed by atoms with Crippen LogP contribution in [-0.2, 0) is 0 Å². The fraction of sp³-hybridized carbons (Fsp3) is 0.417. The topological polar surface area (TPSA) is 21.1 Å². The summed E-state index contributed by atoms with van der Waals surface area (Å²) in [5, 5.41) is 1.20. The van der Waals surface area contributed by atoms with E-state index < -0.39 is 0 Å². The lowest BCUT2D eigenvalue weighted by atomic mass is 10.2. The first-order valence-electron chi connectivity index (χ1n) is 5.75. The van der Waals surface area contributed by atoms with Gasteiger partial charge in [0.1, 0.15) is 5.65 Å². The zero-order chi connectivity index (χ0) is 11.8. The second kappa shape index (κ2) is 4.46. The third-order valence-electron chi connectivity index (χ3n) is 3.19. The third-order valence-corrected chi connectivity index (χ3v) is 4.43. The molecule has 0 spiro atoms. The number of rotatable bonds is 1. The minimum atomic E-state index is 0.945. The van der Waals surface area contributed by atoms with Crippen LogP contribution in [-0.4, -0.2) is 33.6 Å². The molecular formula is C12H15N3S2. The molecule has 2 aromatic rings. The highest BCUT2D eigenvalue weighted by Gasteiger charge is 2.13. The first kappa shape index (κ1) is 11.3. The number of hydrogen-bond acceptors (Lipinski definition) is 4. The molecule has 5 heteroatoms. The summed E-state index contributed by atoms with van der Waals surface area (Å²) in [6, 6.07) is 2.24. The summed E-state index contributed by atoms with van der Waals surface area (Å²) in [7, 11) is 0. The predicted octanol–water partition coefficient (Wildman–Crippen LogP) is 2.59. The molecule has 1 aliphatic heterocycles. The minimum absolute atomic E-state index is 0.945. The van der Waals surface area contributed by atoms with Gasteiger partial charge in [0.25, 0.3) is 0 Å². The Labute approximate surface area is 111 Å². The lowest BCUT2D eigenvalue weighted by Crippen LogP contribution is -2.32. The lowest BCUT2D eigenvalue weighted by Gasteiger charge is -2.28. The molecule has 0 aromatic carbocycles. The van der Waals surface area contributed by atoms with E-state index in [9.17, 15) is 0 Å². The van der Waals surface area contributed by atoms with E-state index in [4.69, 9.17) is 0 Å². The van der Waals surface area contributed by atoms with Crippen LogP contribution in [0.2, 0.25) is 0 Å². The van der Waals surface area contributed by atoms with E-state index in [1.165, 1.54) is 28.1 Å². The van der Waals surface area contributed by atoms with Crippen LogP contribution < -0.4 is 4.90 Å². The summed E-state index contributed by atoms with van der Waals surface area (Å²) in [6.45, 7) is 4.35. The summed E-state index contributed by atoms with van der Waals surface area (Å²) in [4.78, 5) is 6.93. The van der Waals surface area contributed by atoms with Crippen molar-refractivity contribution < 1.29 is 0 Å². The van der Waals surface area contributed by atoms with Gasteiger partial charge in [-0.05, 0) is 18.6 Å². The molecule has 0 N–H and O–H groups in total. The zero-order valence-corrected chi connectivity index (χ0v) is 11.5. The number of pyridine rings is 1. The maximum Gasteiger partial charge on any atom is 0.150 e. The van der Waals surface area contributed by atoms with Gasteiger partial charge in [-0.2, -0.15) is 11.8 Å². The van der Waals surface area contributed by atoms with Crippen molar-refractivity contribution in [1.82, 2.24) is 8.96 Å². The summed E-state index contributed by atoms with van der Waals surface area (Å²) in [5.41, 5.74) is 3.41. The molecule has 0 bridgehead atoms. The molecule has 0 atom stereocenters. The van der Waals surface area contributed by atoms with Gasteiger partial charge in [-0.1, -0.05) is 12.8 Å². The second-order valence-corrected chi connectivity index (χ2v) is 5.98. The normalized spacial score (nSPS) is 16.7. The number of thioether (sulfide) groups is 1. The average Bonchev–Trinajstić information content (AvgIpc) is 2.66. The molecule has 1 saturated heterocycles. The van der Waals surface area contributed by atoms with Gasteiger partial charge in [-0.15, -0.1) is 0 Å². The van der Waals surface area contributed by atoms with Crippen LogP contribution in [0.15, 0.2) is 18.5 Å². The highest BCUT2D eigenvalue weighted by atomic mass is 32.2. The Balaban J connectivity index is 2.03. The first-order valence-corrected chi connectivity index (χ1v) is 7.31. The van der Waals surface area contributed by atoms with Gasteiger partial charge >= 0.3 is 0 Å². The van der Waals surface area contributed by atoms with Gasteiger partial charge in [0.2, 0.25) is 0 Å². The van der Waals surface area contributed by atoms with E-state index in [2.05, 4.69) is 35.7 Å². The van der Waals surface area contributed by atoms with Gasteiger partial charge in [-0.25, -0.2) is 4.98 Å². The standard InChI is InChI=1S/C12H15N3S2/c1-9-8-15(16)12-11(9)6-10(7-13-12)14-2-4-17-5-3-14/h6-8,16H,2-5H2,1H3. The monoisotopic (exact) mass is 265 g/mol. The van der Waals surface area contributed by atoms with Crippen LogP contribution in [0.3, 0.4) is 0 Å². The molecule has 2 aromatic heterocycles. The number of thiol groups is 1. The van der Waals surface area contributed by atoms with Crippen LogP contribution in [0.1, 0.15) is 5.56 Å². The molecule has 0 unspecified atom stereocenters. The van der Waals surface area contributed by atoms with Gasteiger partial charge in [0.15, 0.2) is 0 Å². The van der Waals surface area contributed by atoms with Crippen LogP contribution in [0.5, 0.6) is 0 Å². The van der Waals surface area contributed by atoms with Crippen LogP contribution >= 0.6 is 24.6 Å². The molecule has 90 valence electrons. The van der Waals surface area contributed by atoms with Crippen molar-refractivity contribution in [3.05, 3.63) is 24.0 Å². The number of anilines is 1. The Bertz CT molecular complexity index is 544. The van der Waals surface area contributed by atoms with Crippen molar-refractivity contribution in [1.29, 1.82) is 0 Å². The number of aromatic nitrogens is 2. The van der Waals surface area contributed by atoms with Crippen LogP contribution in [0.25, 0.3) is 11.0 Å². The van der Waals surface area contributed by atoms with Crippen molar-refractivity contribution in [2.75, 3.05) is 29.5 Å². The average molecular weight is 265 g/mol. The van der Waals surface area contributed by atoms with Gasteiger partial charge in [-0.3, -0.25) is 3.97 Å². The number of aryl methyl sites for hydroxylation is 1. The molecule has 1 aliphatic rings. The summed E-state index contributed by atoms with van der Waals surface area (Å²) in [5.74, 6) is 2.43. The fourth-order valence-corrected chi connectivity index (χ4v) is 3.46. The Hall–Kier alpha value is -0.810. The van der Waals surface area contributed by atoms with Crippen LogP contribution in [0.4, 0.5) is 5.69 Å². The Morgan fingerprint density at radius 1 is 1.35 bits per heavy atom. The van der Waals surface area contributed by atoms with Crippen molar-refractivity contribution >= 4 is 41.3 Å². The number of nitrogens with zero attached hydrogens (tertiary/aromatic N) is 3. The third kappa shape index (κ3) is 2.02. The molecular weight excluding hydrogens is 250 g/mol. The molecule has 3 rings (SSSR count). The fourth-order valence-electron chi connectivity index (χ4n) is 2.23. The van der Waals surface area contributed by atoms with Crippen molar-refractivity contribution in [2.24, 2.45) is 0 Å². The number of fused-ring (bicyclic) bond motifs is 1. The summed E-state index contributed by atoms with van der Waals surface area (Å²) in [6.07, 6.45) is 3.97. The van der Waals surface area contributed by atoms with Crippen molar-refractivity contribution in [3.8, 4) is 0 Å². The van der Waals surface area contributed by atoms with Gasteiger partial charge in [0.05, 0.1) is 11.9 Å². The van der Waals surface area contributed by atoms with Crippen molar-refractivity contribution in [3.63, 3.8) is 0 Å². The van der Waals surface area contributed by atoms with Crippen molar-refractivity contribution in [2.45, 2.75) is 6.92 Å². The maximum absolute atomic E-state index is 4.51. The Kier molecular flexibility index (Phi) is 2.96. The van der Waals surface area contributed by atoms with E-state index in [1.807, 2.05) is 24.2 Å². The lowest BCUT2D eigenvalue weighted by molar-refractivity contribution is 0.856. The molecule has 3 nitrogen and oxygen atoms in total. The summed E-state index contributed by atoms with van der Waals surface area (Å²) >= 11 is 6.40. The van der Waals surface area contributed by atoms with Crippen LogP contribution in [0, 0.1) is 6.92 Å². The van der Waals surface area contributed by atoms with E-state index in [0.29, 0.717) is 0 Å². The molecule has 0 aliphatic carbocycles. The molecule has 3 heterocycles. The largest absolute Gasteiger partial charge is 0.369 e. The number of hydrogen-bond donors (Lipinski definition) is 1.